The molecule has 3 nitrogen and oxygen atoms in total. The summed E-state index contributed by atoms with van der Waals surface area (Å²) in [6.07, 6.45) is 16.5. The largest absolute Gasteiger partial charge is 0.504 e. The molecule has 3 heteroatoms. The minimum Gasteiger partial charge on any atom is -0.504 e. The van der Waals surface area contributed by atoms with Crippen LogP contribution in [0.1, 0.15) is 102 Å². The number of hydrogen-bond acceptors (Lipinski definition) is 3. The predicted molar refractivity (Wildman–Crippen MR) is 110 cm³/mol. The lowest BCUT2D eigenvalue weighted by Crippen LogP contribution is -1.98. The molecule has 3 N–H and O–H groups in total. The maximum atomic E-state index is 10.2. The Morgan fingerprint density at radius 3 is 1.81 bits per heavy atom. The van der Waals surface area contributed by atoms with Crippen LogP contribution in [-0.2, 0) is 12.8 Å². The smallest absolute Gasteiger partial charge is 0.200 e. The lowest BCUT2D eigenvalue weighted by molar-refractivity contribution is 0.360. The Balaban J connectivity index is 1.47. The van der Waals surface area contributed by atoms with Crippen LogP contribution in [0.15, 0.2) is 6.07 Å². The topological polar surface area (TPSA) is 60.7 Å². The predicted octanol–water partition coefficient (Wildman–Crippen LogP) is 6.61. The Kier molecular flexibility index (Phi) is 6.28. The Bertz CT molecular complexity index is 642. The van der Waals surface area contributed by atoms with Crippen molar-refractivity contribution in [3.63, 3.8) is 0 Å². The van der Waals surface area contributed by atoms with Crippen molar-refractivity contribution in [2.45, 2.75) is 104 Å². The van der Waals surface area contributed by atoms with E-state index in [1.54, 1.807) is 0 Å². The third-order valence-electron chi connectivity index (χ3n) is 7.35. The molecule has 27 heavy (non-hydrogen) atoms. The van der Waals surface area contributed by atoms with Gasteiger partial charge < -0.3 is 15.3 Å². The number of aromatic hydroxyl groups is 3. The zero-order valence-corrected chi connectivity index (χ0v) is 17.3. The van der Waals surface area contributed by atoms with Gasteiger partial charge in [0.2, 0.25) is 5.75 Å². The molecule has 0 bridgehead atoms. The molecule has 1 aromatic carbocycles. The first-order valence-electron chi connectivity index (χ1n) is 11.1. The van der Waals surface area contributed by atoms with E-state index in [4.69, 9.17) is 0 Å². The van der Waals surface area contributed by atoms with Crippen molar-refractivity contribution in [2.24, 2.45) is 10.8 Å². The van der Waals surface area contributed by atoms with Gasteiger partial charge in [-0.25, -0.2) is 0 Å². The van der Waals surface area contributed by atoms with E-state index in [1.807, 2.05) is 6.07 Å². The van der Waals surface area contributed by atoms with Crippen molar-refractivity contribution in [1.29, 1.82) is 0 Å². The van der Waals surface area contributed by atoms with Crippen LogP contribution >= 0.6 is 0 Å². The fraction of sp³-hybridized carbons (Fsp3) is 0.750. The zero-order chi connectivity index (χ0) is 19.5. The van der Waals surface area contributed by atoms with Crippen molar-refractivity contribution in [1.82, 2.24) is 0 Å². The molecule has 0 spiro atoms. The molecule has 2 fully saturated rings. The van der Waals surface area contributed by atoms with Crippen LogP contribution in [0.3, 0.4) is 0 Å². The highest BCUT2D eigenvalue weighted by molar-refractivity contribution is 5.57. The zero-order valence-electron chi connectivity index (χ0n) is 17.3. The second kappa shape index (κ2) is 8.32. The minimum absolute atomic E-state index is 0.131. The summed E-state index contributed by atoms with van der Waals surface area (Å²) in [4.78, 5) is 0. The van der Waals surface area contributed by atoms with E-state index >= 15 is 0 Å². The van der Waals surface area contributed by atoms with Gasteiger partial charge in [-0.05, 0) is 92.2 Å². The summed E-state index contributed by atoms with van der Waals surface area (Å²) in [5, 5.41) is 30.5. The van der Waals surface area contributed by atoms with Crippen LogP contribution in [0.4, 0.5) is 0 Å². The molecular formula is C24H38O3. The fourth-order valence-electron chi connectivity index (χ4n) is 4.42. The molecule has 0 heterocycles. The van der Waals surface area contributed by atoms with Crippen LogP contribution < -0.4 is 0 Å². The van der Waals surface area contributed by atoms with Crippen LogP contribution in [0.25, 0.3) is 0 Å². The lowest BCUT2D eigenvalue weighted by atomic mass is 9.94. The first-order valence-corrected chi connectivity index (χ1v) is 11.1. The van der Waals surface area contributed by atoms with E-state index in [1.165, 1.54) is 51.4 Å². The lowest BCUT2D eigenvalue weighted by Gasteiger charge is -2.14. The molecule has 152 valence electrons. The fourth-order valence-corrected chi connectivity index (χ4v) is 4.42. The molecule has 2 aliphatic rings. The van der Waals surface area contributed by atoms with E-state index in [0.717, 1.165) is 49.7 Å². The summed E-state index contributed by atoms with van der Waals surface area (Å²) in [6.45, 7) is 4.65. The Morgan fingerprint density at radius 1 is 0.741 bits per heavy atom. The van der Waals surface area contributed by atoms with Gasteiger partial charge in [0.15, 0.2) is 11.5 Å². The standard InChI is InChI=1S/C24H38O3/c1-3-24(15-16-24)12-7-4-5-9-18-17-19(21(26)22(27)20(18)25)10-6-8-11-23(2)13-14-23/h17,25-27H,3-16H2,1-2H3. The summed E-state index contributed by atoms with van der Waals surface area (Å²) in [6, 6.07) is 1.91. The molecular weight excluding hydrogens is 336 g/mol. The molecule has 2 aliphatic carbocycles. The molecule has 1 aromatic rings. The Morgan fingerprint density at radius 2 is 1.30 bits per heavy atom. The molecule has 0 unspecified atom stereocenters. The number of hydrogen-bond donors (Lipinski definition) is 3. The van der Waals surface area contributed by atoms with Gasteiger partial charge in [-0.2, -0.15) is 0 Å². The number of rotatable bonds is 12. The Hall–Kier alpha value is -1.38. The van der Waals surface area contributed by atoms with E-state index in [9.17, 15) is 15.3 Å². The van der Waals surface area contributed by atoms with Crippen LogP contribution in [-0.4, -0.2) is 15.3 Å². The first-order chi connectivity index (χ1) is 12.9. The molecule has 0 saturated heterocycles. The average molecular weight is 375 g/mol. The molecule has 0 amide bonds. The van der Waals surface area contributed by atoms with Gasteiger partial charge in [0.1, 0.15) is 0 Å². The number of phenols is 3. The molecule has 0 aliphatic heterocycles. The second-order valence-corrected chi connectivity index (χ2v) is 9.67. The summed E-state index contributed by atoms with van der Waals surface area (Å²) in [7, 11) is 0. The van der Waals surface area contributed by atoms with Gasteiger partial charge in [0.05, 0.1) is 0 Å². The Labute approximate surface area is 164 Å². The third kappa shape index (κ3) is 5.33. The maximum absolute atomic E-state index is 10.2. The van der Waals surface area contributed by atoms with E-state index in [-0.39, 0.29) is 17.2 Å². The van der Waals surface area contributed by atoms with E-state index in [0.29, 0.717) is 10.8 Å². The summed E-state index contributed by atoms with van der Waals surface area (Å²) >= 11 is 0. The number of aryl methyl sites for hydroxylation is 2. The van der Waals surface area contributed by atoms with E-state index in [2.05, 4.69) is 13.8 Å². The maximum Gasteiger partial charge on any atom is 0.200 e. The van der Waals surface area contributed by atoms with Gasteiger partial charge >= 0.3 is 0 Å². The molecule has 0 radical (unpaired) electrons. The highest BCUT2D eigenvalue weighted by Crippen LogP contribution is 2.52. The van der Waals surface area contributed by atoms with Crippen molar-refractivity contribution >= 4 is 0 Å². The molecule has 3 rings (SSSR count). The first kappa shape index (κ1) is 20.4. The highest BCUT2D eigenvalue weighted by Gasteiger charge is 2.39. The monoisotopic (exact) mass is 374 g/mol. The second-order valence-electron chi connectivity index (χ2n) is 9.67. The van der Waals surface area contributed by atoms with Crippen molar-refractivity contribution in [3.8, 4) is 17.2 Å². The molecule has 0 atom stereocenters. The van der Waals surface area contributed by atoms with Crippen molar-refractivity contribution in [3.05, 3.63) is 17.2 Å². The van der Waals surface area contributed by atoms with Crippen molar-refractivity contribution < 1.29 is 15.3 Å². The van der Waals surface area contributed by atoms with E-state index < -0.39 is 0 Å². The van der Waals surface area contributed by atoms with Crippen LogP contribution in [0, 0.1) is 10.8 Å². The summed E-state index contributed by atoms with van der Waals surface area (Å²) < 4.78 is 0. The summed E-state index contributed by atoms with van der Waals surface area (Å²) in [5.74, 6) is -0.596. The minimum atomic E-state index is -0.334. The quantitative estimate of drug-likeness (QED) is 0.285. The van der Waals surface area contributed by atoms with Gasteiger partial charge in [-0.15, -0.1) is 0 Å². The van der Waals surface area contributed by atoms with Gasteiger partial charge in [-0.3, -0.25) is 0 Å². The molecule has 2 saturated carbocycles. The third-order valence-corrected chi connectivity index (χ3v) is 7.35. The normalized spacial score (nSPS) is 19.2. The van der Waals surface area contributed by atoms with Crippen LogP contribution in [0.5, 0.6) is 17.2 Å². The highest BCUT2D eigenvalue weighted by atomic mass is 16.3. The van der Waals surface area contributed by atoms with Crippen LogP contribution in [0.2, 0.25) is 0 Å². The van der Waals surface area contributed by atoms with Gasteiger partial charge in [-0.1, -0.05) is 39.5 Å². The average Bonchev–Trinajstić information content (AvgIpc) is 3.58. The number of phenolic OH excluding ortho intramolecular Hbond substituents is 3. The molecule has 0 aromatic heterocycles. The van der Waals surface area contributed by atoms with Gasteiger partial charge in [0, 0.05) is 0 Å². The van der Waals surface area contributed by atoms with Crippen molar-refractivity contribution in [2.75, 3.05) is 0 Å². The summed E-state index contributed by atoms with van der Waals surface area (Å²) in [5.41, 5.74) is 2.79. The SMILES string of the molecule is CCC1(CCCCCc2cc(CCCCC3(C)CC3)c(O)c(O)c2O)CC1. The number of benzene rings is 1. The number of unbranched alkanes of at least 4 members (excludes halogenated alkanes) is 3. The van der Waals surface area contributed by atoms with Gasteiger partial charge in [0.25, 0.3) is 0 Å².